The molecule has 0 atom stereocenters. The molecule has 2 aromatic heterocycles. The molecule has 2 heterocycles. The minimum absolute atomic E-state index is 0.810. The highest BCUT2D eigenvalue weighted by Crippen LogP contribution is 2.38. The van der Waals surface area contributed by atoms with Gasteiger partial charge in [0.1, 0.15) is 0 Å². The van der Waals surface area contributed by atoms with E-state index in [9.17, 15) is 0 Å². The molecule has 2 nitrogen and oxygen atoms in total. The highest BCUT2D eigenvalue weighted by Gasteiger charge is 2.14. The monoisotopic (exact) mass is 316 g/mol. The van der Waals surface area contributed by atoms with Crippen LogP contribution < -0.4 is 0 Å². The van der Waals surface area contributed by atoms with Gasteiger partial charge in [-0.3, -0.25) is 0 Å². The van der Waals surface area contributed by atoms with E-state index in [1.807, 2.05) is 30.3 Å². The molecule has 0 aliphatic rings. The molecule has 110 valence electrons. The second kappa shape index (κ2) is 4.64. The second-order valence-electron chi connectivity index (χ2n) is 5.74. The lowest BCUT2D eigenvalue weighted by molar-refractivity contribution is 1.13. The summed E-state index contributed by atoms with van der Waals surface area (Å²) in [5.74, 6) is 0. The van der Waals surface area contributed by atoms with Crippen LogP contribution in [0.25, 0.3) is 38.4 Å². The maximum Gasteiger partial charge on any atom is 0.0600 e. The van der Waals surface area contributed by atoms with Gasteiger partial charge in [0.05, 0.1) is 16.1 Å². The first-order valence-electron chi connectivity index (χ1n) is 7.58. The fourth-order valence-corrected chi connectivity index (χ4v) is 3.73. The van der Waals surface area contributed by atoms with Crippen molar-refractivity contribution in [2.24, 2.45) is 0 Å². The van der Waals surface area contributed by atoms with Crippen LogP contribution in [0.4, 0.5) is 0 Å². The van der Waals surface area contributed by atoms with Gasteiger partial charge in [-0.25, -0.2) is 0 Å². The molecule has 3 aromatic carbocycles. The summed E-state index contributed by atoms with van der Waals surface area (Å²) in [5, 5.41) is 4.15. The molecule has 0 amide bonds. The number of hydrogen-bond donors (Lipinski definition) is 1. The van der Waals surface area contributed by atoms with Gasteiger partial charge in [0.2, 0.25) is 0 Å². The van der Waals surface area contributed by atoms with E-state index >= 15 is 0 Å². The number of para-hydroxylation sites is 2. The molecule has 23 heavy (non-hydrogen) atoms. The molecule has 0 unspecified atom stereocenters. The lowest BCUT2D eigenvalue weighted by atomic mass is 10.1. The summed E-state index contributed by atoms with van der Waals surface area (Å²) >= 11 is 6.76. The molecule has 5 rings (SSSR count). The first-order chi connectivity index (χ1) is 11.3. The molecule has 5 aromatic rings. The van der Waals surface area contributed by atoms with Gasteiger partial charge in [0.25, 0.3) is 0 Å². The summed E-state index contributed by atoms with van der Waals surface area (Å²) in [6.45, 7) is 0. The summed E-state index contributed by atoms with van der Waals surface area (Å²) in [6, 6.07) is 22.9. The molecule has 0 spiro atoms. The number of nitrogens with zero attached hydrogens (tertiary/aromatic N) is 1. The van der Waals surface area contributed by atoms with Crippen molar-refractivity contribution >= 4 is 44.3 Å². The summed E-state index contributed by atoms with van der Waals surface area (Å²) in [7, 11) is 0. The third-order valence-corrected chi connectivity index (χ3v) is 4.82. The Hall–Kier alpha value is -2.71. The van der Waals surface area contributed by atoms with E-state index < -0.39 is 0 Å². The van der Waals surface area contributed by atoms with E-state index in [2.05, 4.69) is 52.1 Å². The predicted molar refractivity (Wildman–Crippen MR) is 97.6 cm³/mol. The quantitative estimate of drug-likeness (QED) is 0.396. The summed E-state index contributed by atoms with van der Waals surface area (Å²) < 4.78 is 2.17. The molecule has 0 bridgehead atoms. The molecular weight excluding hydrogens is 304 g/mol. The first-order valence-corrected chi connectivity index (χ1v) is 7.96. The van der Waals surface area contributed by atoms with Gasteiger partial charge in [-0.05, 0) is 30.3 Å². The SMILES string of the molecule is Clc1c2ccn(-c3ccccc3)c2cc2[nH]c3ccccc3c12. The van der Waals surface area contributed by atoms with Gasteiger partial charge < -0.3 is 9.55 Å². The number of nitrogens with one attached hydrogen (secondary N) is 1. The molecule has 1 N–H and O–H groups in total. The van der Waals surface area contributed by atoms with Crippen LogP contribution in [-0.4, -0.2) is 9.55 Å². The maximum absolute atomic E-state index is 6.76. The number of rotatable bonds is 1. The van der Waals surface area contributed by atoms with Crippen molar-refractivity contribution in [2.45, 2.75) is 0 Å². The number of benzene rings is 3. The minimum atomic E-state index is 0.810. The van der Waals surface area contributed by atoms with Gasteiger partial charge in [-0.1, -0.05) is 48.0 Å². The molecule has 0 saturated carbocycles. The third-order valence-electron chi connectivity index (χ3n) is 4.43. The number of hydrogen-bond acceptors (Lipinski definition) is 0. The van der Waals surface area contributed by atoms with Crippen molar-refractivity contribution in [3.8, 4) is 5.69 Å². The van der Waals surface area contributed by atoms with E-state index in [-0.39, 0.29) is 0 Å². The Morgan fingerprint density at radius 2 is 1.57 bits per heavy atom. The number of halogens is 1. The van der Waals surface area contributed by atoms with E-state index in [1.165, 1.54) is 5.39 Å². The van der Waals surface area contributed by atoms with Crippen LogP contribution in [0.15, 0.2) is 72.9 Å². The van der Waals surface area contributed by atoms with Crippen LogP contribution >= 0.6 is 11.6 Å². The summed E-state index contributed by atoms with van der Waals surface area (Å²) in [5.41, 5.74) is 4.43. The number of aromatic amines is 1. The molecular formula is C20H13ClN2. The Labute approximate surface area is 137 Å². The number of aromatic nitrogens is 2. The van der Waals surface area contributed by atoms with Crippen LogP contribution in [0.3, 0.4) is 0 Å². The summed E-state index contributed by atoms with van der Waals surface area (Å²) in [6.07, 6.45) is 2.08. The largest absolute Gasteiger partial charge is 0.354 e. The number of fused-ring (bicyclic) bond motifs is 4. The van der Waals surface area contributed by atoms with Gasteiger partial charge in [-0.15, -0.1) is 0 Å². The van der Waals surface area contributed by atoms with Crippen LogP contribution in [0.5, 0.6) is 0 Å². The van der Waals surface area contributed by atoms with Crippen molar-refractivity contribution in [3.63, 3.8) is 0 Å². The van der Waals surface area contributed by atoms with Gasteiger partial charge >= 0.3 is 0 Å². The third kappa shape index (κ3) is 1.76. The highest BCUT2D eigenvalue weighted by atomic mass is 35.5. The lowest BCUT2D eigenvalue weighted by Crippen LogP contribution is -1.90. The zero-order valence-electron chi connectivity index (χ0n) is 12.3. The standard InChI is InChI=1S/C20H13ClN2/c21-20-15-10-11-23(13-6-2-1-3-7-13)18(15)12-17-19(20)14-8-4-5-9-16(14)22-17/h1-12,22H. The topological polar surface area (TPSA) is 20.7 Å². The average molecular weight is 317 g/mol. The first kappa shape index (κ1) is 12.8. The average Bonchev–Trinajstić information content (AvgIpc) is 3.17. The molecule has 3 heteroatoms. The Bertz CT molecular complexity index is 1170. The maximum atomic E-state index is 6.76. The smallest absolute Gasteiger partial charge is 0.0600 e. The van der Waals surface area contributed by atoms with Crippen LogP contribution in [0, 0.1) is 0 Å². The van der Waals surface area contributed by atoms with Crippen molar-refractivity contribution in [2.75, 3.05) is 0 Å². The zero-order valence-corrected chi connectivity index (χ0v) is 13.0. The zero-order chi connectivity index (χ0) is 15.4. The summed E-state index contributed by atoms with van der Waals surface area (Å²) in [4.78, 5) is 3.48. The van der Waals surface area contributed by atoms with E-state index in [0.717, 1.165) is 38.0 Å². The molecule has 0 radical (unpaired) electrons. The molecule has 0 fully saturated rings. The van der Waals surface area contributed by atoms with Gasteiger partial charge in [-0.2, -0.15) is 0 Å². The lowest BCUT2D eigenvalue weighted by Gasteiger charge is -2.06. The van der Waals surface area contributed by atoms with Crippen molar-refractivity contribution < 1.29 is 0 Å². The Morgan fingerprint density at radius 1 is 0.783 bits per heavy atom. The van der Waals surface area contributed by atoms with Gasteiger partial charge in [0, 0.05) is 33.6 Å². The van der Waals surface area contributed by atoms with Crippen LogP contribution in [-0.2, 0) is 0 Å². The van der Waals surface area contributed by atoms with E-state index in [4.69, 9.17) is 11.6 Å². The van der Waals surface area contributed by atoms with E-state index in [0.29, 0.717) is 0 Å². The second-order valence-corrected chi connectivity index (χ2v) is 6.12. The van der Waals surface area contributed by atoms with E-state index in [1.54, 1.807) is 0 Å². The van der Waals surface area contributed by atoms with Crippen molar-refractivity contribution in [3.05, 3.63) is 77.9 Å². The minimum Gasteiger partial charge on any atom is -0.354 e. The normalized spacial score (nSPS) is 11.7. The fourth-order valence-electron chi connectivity index (χ4n) is 3.37. The molecule has 0 aliphatic heterocycles. The van der Waals surface area contributed by atoms with Crippen LogP contribution in [0.1, 0.15) is 0 Å². The van der Waals surface area contributed by atoms with Crippen LogP contribution in [0.2, 0.25) is 5.02 Å². The van der Waals surface area contributed by atoms with Crippen molar-refractivity contribution in [1.82, 2.24) is 9.55 Å². The highest BCUT2D eigenvalue weighted by molar-refractivity contribution is 6.43. The van der Waals surface area contributed by atoms with Crippen molar-refractivity contribution in [1.29, 1.82) is 0 Å². The van der Waals surface area contributed by atoms with Gasteiger partial charge in [0.15, 0.2) is 0 Å². The Morgan fingerprint density at radius 3 is 2.43 bits per heavy atom. The Kier molecular flexibility index (Phi) is 2.58. The Balaban J connectivity index is 1.93. The number of H-pyrrole nitrogens is 1. The predicted octanol–water partition coefficient (Wildman–Crippen LogP) is 5.92. The molecule has 0 aliphatic carbocycles. The fraction of sp³-hybridized carbons (Fsp3) is 0. The molecule has 0 saturated heterocycles.